The molecule has 0 saturated carbocycles. The topological polar surface area (TPSA) is 72.9 Å². The van der Waals surface area contributed by atoms with Gasteiger partial charge in [0.05, 0.1) is 5.02 Å². The van der Waals surface area contributed by atoms with Crippen molar-refractivity contribution in [3.05, 3.63) is 59.2 Å². The lowest BCUT2D eigenvalue weighted by Gasteiger charge is -2.20. The molecule has 1 aliphatic heterocycles. The number of benzene rings is 1. The Balaban J connectivity index is 1.59. The van der Waals surface area contributed by atoms with E-state index in [0.29, 0.717) is 11.0 Å². The number of nitrogens with one attached hydrogen (secondary N) is 2. The van der Waals surface area contributed by atoms with Crippen LogP contribution in [0.2, 0.25) is 5.02 Å². The van der Waals surface area contributed by atoms with Crippen LogP contribution in [-0.4, -0.2) is 68.1 Å². The van der Waals surface area contributed by atoms with Crippen molar-refractivity contribution < 1.29 is 4.79 Å². The number of pyridine rings is 1. The van der Waals surface area contributed by atoms with E-state index in [1.54, 1.807) is 25.2 Å². The summed E-state index contributed by atoms with van der Waals surface area (Å²) in [5.74, 6) is 1.43. The Kier molecular flexibility index (Phi) is 7.90. The Morgan fingerprint density at radius 3 is 2.80 bits per heavy atom. The number of rotatable bonds is 7. The molecule has 7 nitrogen and oxygen atoms in total. The van der Waals surface area contributed by atoms with Gasteiger partial charge < -0.3 is 20.4 Å². The quantitative estimate of drug-likeness (QED) is 0.522. The molecule has 1 aromatic carbocycles. The number of aliphatic imine (C=N–C) groups is 1. The van der Waals surface area contributed by atoms with Crippen molar-refractivity contribution in [1.82, 2.24) is 20.5 Å². The van der Waals surface area contributed by atoms with E-state index < -0.39 is 0 Å². The normalized spacial score (nSPS) is 16.4. The SMILES string of the molecule is CN(C)C(=O)CN=C(NCCc1ccccc1)NC1CCN(c2ncccc2Cl)C1. The molecular weight excluding hydrogens is 400 g/mol. The lowest BCUT2D eigenvalue weighted by Crippen LogP contribution is -2.45. The fourth-order valence-corrected chi connectivity index (χ4v) is 3.53. The molecule has 1 aliphatic rings. The van der Waals surface area contributed by atoms with Gasteiger partial charge in [0.2, 0.25) is 5.91 Å². The van der Waals surface area contributed by atoms with Gasteiger partial charge in [0.15, 0.2) is 5.96 Å². The molecule has 8 heteroatoms. The standard InChI is InChI=1S/C22H29ClN6O/c1-28(2)20(30)15-26-22(25-13-10-17-7-4-3-5-8-17)27-18-11-14-29(16-18)21-19(23)9-6-12-24-21/h3-9,12,18H,10-11,13-16H2,1-2H3,(H2,25,26,27). The van der Waals surface area contributed by atoms with Crippen molar-refractivity contribution in [2.75, 3.05) is 45.2 Å². The second-order valence-electron chi connectivity index (χ2n) is 7.50. The molecule has 0 aliphatic carbocycles. The minimum Gasteiger partial charge on any atom is -0.356 e. The average molecular weight is 429 g/mol. The highest BCUT2D eigenvalue weighted by Gasteiger charge is 2.25. The number of carbonyl (C=O) groups excluding carboxylic acids is 1. The average Bonchev–Trinajstić information content (AvgIpc) is 3.21. The molecule has 0 radical (unpaired) electrons. The van der Waals surface area contributed by atoms with E-state index in [9.17, 15) is 4.79 Å². The number of halogens is 1. The van der Waals surface area contributed by atoms with Crippen LogP contribution >= 0.6 is 11.6 Å². The molecule has 2 heterocycles. The van der Waals surface area contributed by atoms with Gasteiger partial charge in [0.1, 0.15) is 12.4 Å². The summed E-state index contributed by atoms with van der Waals surface area (Å²) in [6.07, 6.45) is 3.57. The number of hydrogen-bond donors (Lipinski definition) is 2. The molecule has 160 valence electrons. The molecule has 2 aromatic rings. The van der Waals surface area contributed by atoms with Crippen LogP contribution in [-0.2, 0) is 11.2 Å². The Labute approximate surface area is 183 Å². The van der Waals surface area contributed by atoms with Crippen molar-refractivity contribution in [1.29, 1.82) is 0 Å². The van der Waals surface area contributed by atoms with Gasteiger partial charge in [-0.25, -0.2) is 9.98 Å². The van der Waals surface area contributed by atoms with Crippen molar-refractivity contribution in [3.63, 3.8) is 0 Å². The van der Waals surface area contributed by atoms with Crippen LogP contribution in [0.5, 0.6) is 0 Å². The van der Waals surface area contributed by atoms with Gasteiger partial charge in [-0.1, -0.05) is 41.9 Å². The number of aromatic nitrogens is 1. The van der Waals surface area contributed by atoms with Crippen LogP contribution in [0.3, 0.4) is 0 Å². The van der Waals surface area contributed by atoms with Gasteiger partial charge >= 0.3 is 0 Å². The Hall–Kier alpha value is -2.80. The van der Waals surface area contributed by atoms with Gasteiger partial charge in [-0.15, -0.1) is 0 Å². The first-order valence-corrected chi connectivity index (χ1v) is 10.5. The number of carbonyl (C=O) groups is 1. The second kappa shape index (κ2) is 10.8. The lowest BCUT2D eigenvalue weighted by atomic mass is 10.1. The van der Waals surface area contributed by atoms with Crippen LogP contribution in [0.1, 0.15) is 12.0 Å². The summed E-state index contributed by atoms with van der Waals surface area (Å²) >= 11 is 6.30. The van der Waals surface area contributed by atoms with Gasteiger partial charge in [0, 0.05) is 46.0 Å². The zero-order valence-electron chi connectivity index (χ0n) is 17.5. The summed E-state index contributed by atoms with van der Waals surface area (Å²) < 4.78 is 0. The van der Waals surface area contributed by atoms with E-state index in [1.165, 1.54) is 5.56 Å². The maximum Gasteiger partial charge on any atom is 0.243 e. The molecule has 1 unspecified atom stereocenters. The molecule has 0 bridgehead atoms. The van der Waals surface area contributed by atoms with Gasteiger partial charge in [-0.3, -0.25) is 4.79 Å². The van der Waals surface area contributed by atoms with Crippen molar-refractivity contribution in [2.24, 2.45) is 4.99 Å². The maximum absolute atomic E-state index is 12.0. The number of hydrogen-bond acceptors (Lipinski definition) is 4. The van der Waals surface area contributed by atoms with Gasteiger partial charge in [-0.2, -0.15) is 0 Å². The second-order valence-corrected chi connectivity index (χ2v) is 7.91. The fraction of sp³-hybridized carbons (Fsp3) is 0.409. The molecule has 3 rings (SSSR count). The summed E-state index contributed by atoms with van der Waals surface area (Å²) in [7, 11) is 3.47. The number of amides is 1. The van der Waals surface area contributed by atoms with E-state index in [0.717, 1.165) is 38.3 Å². The maximum atomic E-state index is 12.0. The highest BCUT2D eigenvalue weighted by atomic mass is 35.5. The number of likely N-dealkylation sites (N-methyl/N-ethyl adjacent to an activating group) is 1. The molecule has 1 saturated heterocycles. The molecule has 1 fully saturated rings. The van der Waals surface area contributed by atoms with Crippen LogP contribution in [0, 0.1) is 0 Å². The largest absolute Gasteiger partial charge is 0.356 e. The summed E-state index contributed by atoms with van der Waals surface area (Å²) in [6, 6.07) is 14.2. The van der Waals surface area contributed by atoms with E-state index in [-0.39, 0.29) is 18.5 Å². The first kappa shape index (κ1) is 21.9. The third kappa shape index (κ3) is 6.35. The third-order valence-corrected chi connectivity index (χ3v) is 5.28. The molecule has 30 heavy (non-hydrogen) atoms. The molecule has 1 atom stereocenters. The zero-order valence-corrected chi connectivity index (χ0v) is 18.3. The predicted molar refractivity (Wildman–Crippen MR) is 122 cm³/mol. The third-order valence-electron chi connectivity index (χ3n) is 4.99. The van der Waals surface area contributed by atoms with Crippen LogP contribution in [0.15, 0.2) is 53.7 Å². The van der Waals surface area contributed by atoms with Crippen LogP contribution < -0.4 is 15.5 Å². The Morgan fingerprint density at radius 1 is 1.27 bits per heavy atom. The minimum absolute atomic E-state index is 0.0347. The van der Waals surface area contributed by atoms with Crippen molar-refractivity contribution in [2.45, 2.75) is 18.9 Å². The highest BCUT2D eigenvalue weighted by Crippen LogP contribution is 2.25. The smallest absolute Gasteiger partial charge is 0.243 e. The molecule has 1 amide bonds. The molecule has 0 spiro atoms. The minimum atomic E-state index is -0.0347. The van der Waals surface area contributed by atoms with Crippen LogP contribution in [0.4, 0.5) is 5.82 Å². The van der Waals surface area contributed by atoms with Gasteiger partial charge in [-0.05, 0) is 30.5 Å². The summed E-state index contributed by atoms with van der Waals surface area (Å²) in [5.41, 5.74) is 1.26. The highest BCUT2D eigenvalue weighted by molar-refractivity contribution is 6.32. The van der Waals surface area contributed by atoms with Crippen LogP contribution in [0.25, 0.3) is 0 Å². The molecular formula is C22H29ClN6O. The Bertz CT molecular complexity index is 858. The molecule has 2 N–H and O–H groups in total. The molecule has 1 aromatic heterocycles. The summed E-state index contributed by atoms with van der Waals surface area (Å²) in [5, 5.41) is 7.49. The summed E-state index contributed by atoms with van der Waals surface area (Å²) in [4.78, 5) is 24.6. The zero-order chi connectivity index (χ0) is 21.3. The van der Waals surface area contributed by atoms with E-state index in [2.05, 4.69) is 37.6 Å². The fourth-order valence-electron chi connectivity index (χ4n) is 3.28. The first-order chi connectivity index (χ1) is 14.5. The summed E-state index contributed by atoms with van der Waals surface area (Å²) in [6.45, 7) is 2.48. The van der Waals surface area contributed by atoms with Crippen molar-refractivity contribution in [3.8, 4) is 0 Å². The lowest BCUT2D eigenvalue weighted by molar-refractivity contribution is -0.127. The van der Waals surface area contributed by atoms with E-state index >= 15 is 0 Å². The Morgan fingerprint density at radius 2 is 2.07 bits per heavy atom. The monoisotopic (exact) mass is 428 g/mol. The number of anilines is 1. The number of nitrogens with zero attached hydrogens (tertiary/aromatic N) is 4. The first-order valence-electron chi connectivity index (χ1n) is 10.2. The van der Waals surface area contributed by atoms with E-state index in [1.807, 2.05) is 30.3 Å². The van der Waals surface area contributed by atoms with Gasteiger partial charge in [0.25, 0.3) is 0 Å². The predicted octanol–water partition coefficient (Wildman–Crippen LogP) is 2.18. The number of guanidine groups is 1. The van der Waals surface area contributed by atoms with E-state index in [4.69, 9.17) is 11.6 Å². The van der Waals surface area contributed by atoms with Crippen molar-refractivity contribution >= 4 is 29.3 Å².